The summed E-state index contributed by atoms with van der Waals surface area (Å²) in [5.41, 5.74) is 0. The maximum atomic E-state index is 13.0. The van der Waals surface area contributed by atoms with Gasteiger partial charge in [0.1, 0.15) is 18.8 Å². The molecule has 0 amide bonds. The van der Waals surface area contributed by atoms with Crippen LogP contribution in [-0.2, 0) is 42.9 Å². The maximum Gasteiger partial charge on any atom is 0.335 e. The van der Waals surface area contributed by atoms with E-state index in [1.54, 1.807) is 0 Å². The number of aliphatic carboxylic acids is 1. The smallest absolute Gasteiger partial charge is 0.335 e. The highest BCUT2D eigenvalue weighted by atomic mass is 16.7. The maximum absolute atomic E-state index is 13.0. The van der Waals surface area contributed by atoms with Crippen molar-refractivity contribution in [1.82, 2.24) is 0 Å². The molecule has 12 nitrogen and oxygen atoms in total. The van der Waals surface area contributed by atoms with Gasteiger partial charge in [-0.3, -0.25) is 14.4 Å². The van der Waals surface area contributed by atoms with Crippen LogP contribution >= 0.6 is 0 Å². The molecule has 0 aromatic carbocycles. The van der Waals surface area contributed by atoms with Crippen molar-refractivity contribution in [2.75, 3.05) is 13.2 Å². The first-order valence-corrected chi connectivity index (χ1v) is 26.3. The number of hydrogen-bond donors (Lipinski definition) is 3. The zero-order valence-corrected chi connectivity index (χ0v) is 41.9. The summed E-state index contributed by atoms with van der Waals surface area (Å²) in [6.07, 6.45) is 39.3. The van der Waals surface area contributed by atoms with Crippen molar-refractivity contribution in [3.8, 4) is 0 Å². The molecule has 1 aliphatic heterocycles. The molecule has 1 aliphatic rings. The molecule has 3 N–H and O–H groups in total. The molecule has 1 rings (SSSR count). The molecule has 1 fully saturated rings. The van der Waals surface area contributed by atoms with Gasteiger partial charge in [0.25, 0.3) is 0 Å². The lowest BCUT2D eigenvalue weighted by molar-refractivity contribution is -0.301. The van der Waals surface area contributed by atoms with Crippen molar-refractivity contribution in [3.63, 3.8) is 0 Å². The van der Waals surface area contributed by atoms with Crippen molar-refractivity contribution in [2.24, 2.45) is 0 Å². The van der Waals surface area contributed by atoms with E-state index in [1.165, 1.54) is 44.9 Å². The lowest BCUT2D eigenvalue weighted by atomic mass is 9.98. The van der Waals surface area contributed by atoms with Crippen LogP contribution in [0, 0.1) is 0 Å². The number of allylic oxidation sites excluding steroid dienone is 10. The van der Waals surface area contributed by atoms with Gasteiger partial charge in [-0.25, -0.2) is 4.79 Å². The average Bonchev–Trinajstić information content (AvgIpc) is 3.31. The lowest BCUT2D eigenvalue weighted by Crippen LogP contribution is -2.61. The van der Waals surface area contributed by atoms with Crippen LogP contribution in [0.5, 0.6) is 0 Å². The molecule has 67 heavy (non-hydrogen) atoms. The summed E-state index contributed by atoms with van der Waals surface area (Å²) < 4.78 is 28.2. The van der Waals surface area contributed by atoms with Gasteiger partial charge in [-0.15, -0.1) is 0 Å². The second-order valence-electron chi connectivity index (χ2n) is 17.8. The highest BCUT2D eigenvalue weighted by Crippen LogP contribution is 2.26. The number of esters is 3. The second-order valence-corrected chi connectivity index (χ2v) is 17.8. The van der Waals surface area contributed by atoms with E-state index in [1.807, 2.05) is 0 Å². The van der Waals surface area contributed by atoms with Gasteiger partial charge < -0.3 is 39.0 Å². The zero-order chi connectivity index (χ0) is 49.0. The van der Waals surface area contributed by atoms with E-state index in [0.717, 1.165) is 109 Å². The Kier molecular flexibility index (Phi) is 40.1. The molecule has 6 atom stereocenters. The van der Waals surface area contributed by atoms with E-state index in [0.29, 0.717) is 19.3 Å². The van der Waals surface area contributed by atoms with Crippen LogP contribution in [0.25, 0.3) is 0 Å². The Morgan fingerprint density at radius 3 is 1.51 bits per heavy atom. The highest BCUT2D eigenvalue weighted by Gasteiger charge is 2.50. The van der Waals surface area contributed by atoms with Crippen molar-refractivity contribution in [3.05, 3.63) is 60.8 Å². The fourth-order valence-corrected chi connectivity index (χ4v) is 7.54. The Bertz CT molecular complexity index is 1400. The number of carbonyl (C=O) groups is 4. The van der Waals surface area contributed by atoms with Gasteiger partial charge in [0.05, 0.1) is 6.61 Å². The Morgan fingerprint density at radius 2 is 0.970 bits per heavy atom. The molecule has 0 aliphatic carbocycles. The minimum absolute atomic E-state index is 0.0238. The Morgan fingerprint density at radius 1 is 0.507 bits per heavy atom. The van der Waals surface area contributed by atoms with Crippen LogP contribution in [0.3, 0.4) is 0 Å². The van der Waals surface area contributed by atoms with E-state index in [2.05, 4.69) is 81.5 Å². The predicted molar refractivity (Wildman–Crippen MR) is 266 cm³/mol. The second kappa shape index (κ2) is 43.7. The molecule has 1 saturated heterocycles. The molecule has 0 bridgehead atoms. The number of carboxylic acid groups (broad SMARTS) is 1. The van der Waals surface area contributed by atoms with Gasteiger partial charge in [-0.05, 0) is 77.0 Å². The van der Waals surface area contributed by atoms with Crippen LogP contribution in [-0.4, -0.2) is 89.2 Å². The van der Waals surface area contributed by atoms with Gasteiger partial charge in [0.15, 0.2) is 24.6 Å². The minimum Gasteiger partial charge on any atom is -0.479 e. The molecular weight excluding hydrogens is 853 g/mol. The summed E-state index contributed by atoms with van der Waals surface area (Å²) in [4.78, 5) is 50.8. The van der Waals surface area contributed by atoms with Crippen LogP contribution in [0.2, 0.25) is 0 Å². The third kappa shape index (κ3) is 34.4. The van der Waals surface area contributed by atoms with Crippen LogP contribution < -0.4 is 0 Å². The topological polar surface area (TPSA) is 175 Å². The molecule has 12 heteroatoms. The summed E-state index contributed by atoms with van der Waals surface area (Å²) in [5, 5.41) is 31.3. The van der Waals surface area contributed by atoms with Gasteiger partial charge in [-0.1, -0.05) is 178 Å². The van der Waals surface area contributed by atoms with Gasteiger partial charge in [0, 0.05) is 19.3 Å². The summed E-state index contributed by atoms with van der Waals surface area (Å²) in [5.74, 6) is -3.18. The third-order valence-electron chi connectivity index (χ3n) is 11.6. The van der Waals surface area contributed by atoms with Crippen molar-refractivity contribution in [2.45, 2.75) is 250 Å². The zero-order valence-electron chi connectivity index (χ0n) is 41.9. The summed E-state index contributed by atoms with van der Waals surface area (Å²) in [6.45, 7) is 5.75. The third-order valence-corrected chi connectivity index (χ3v) is 11.6. The largest absolute Gasteiger partial charge is 0.479 e. The molecule has 0 spiro atoms. The van der Waals surface area contributed by atoms with E-state index >= 15 is 0 Å². The molecular formula is C55H92O12. The Hall–Kier alpha value is -3.58. The number of hydrogen-bond acceptors (Lipinski definition) is 11. The predicted octanol–water partition coefficient (Wildman–Crippen LogP) is 12.4. The first-order valence-electron chi connectivity index (χ1n) is 26.3. The van der Waals surface area contributed by atoms with Gasteiger partial charge in [0.2, 0.25) is 0 Å². The monoisotopic (exact) mass is 945 g/mol. The first kappa shape index (κ1) is 61.4. The number of ether oxygens (including phenoxy) is 5. The molecule has 0 aromatic heterocycles. The number of carbonyl (C=O) groups excluding carboxylic acids is 3. The van der Waals surface area contributed by atoms with Gasteiger partial charge in [-0.2, -0.15) is 0 Å². The Labute approximate surface area is 405 Å². The summed E-state index contributed by atoms with van der Waals surface area (Å²) >= 11 is 0. The van der Waals surface area contributed by atoms with Crippen LogP contribution in [0.1, 0.15) is 213 Å². The standard InChI is InChI=1S/C55H92O12/c1-4-7-10-13-16-19-22-24-27-29-32-35-38-41-47(56)63-44-46(65-48(57)42-39-36-33-30-26-21-18-15-12-9-6-3)45-64-55-53(51(60)50(59)52(67-55)54(61)62)66-49(58)43-40-37-34-31-28-25-23-20-17-14-11-8-5-2/h8,10-11,13,17,19-20,22,25,28,46,50-53,55,59-60H,4-7,9,12,14-16,18,21,23-24,26-27,29-45H2,1-3H3,(H,61,62)/b11-8-,13-10-,20-17-,22-19-,28-25-. The first-order chi connectivity index (χ1) is 32.6. The highest BCUT2D eigenvalue weighted by molar-refractivity contribution is 5.74. The lowest BCUT2D eigenvalue weighted by Gasteiger charge is -2.40. The number of aliphatic hydroxyl groups excluding tert-OH is 2. The van der Waals surface area contributed by atoms with E-state index in [9.17, 15) is 34.5 Å². The van der Waals surface area contributed by atoms with Crippen LogP contribution in [0.15, 0.2) is 60.8 Å². The number of rotatable bonds is 43. The SMILES string of the molecule is CC/C=C\C/C=C\C/C=C\CCCCCC(=O)OC1C(OCC(COC(=O)CCCCCCC/C=C\C/C=C\CCC)OC(=O)CCCCCCCCCCCCC)OC(C(=O)O)C(O)C1O. The Balaban J connectivity index is 2.76. The van der Waals surface area contributed by atoms with E-state index < -0.39 is 67.3 Å². The molecule has 0 aromatic rings. The molecule has 6 unspecified atom stereocenters. The quantitative estimate of drug-likeness (QED) is 0.0229. The van der Waals surface area contributed by atoms with E-state index in [4.69, 9.17) is 23.7 Å². The molecule has 384 valence electrons. The average molecular weight is 945 g/mol. The number of carboxylic acids is 1. The normalized spacial score (nSPS) is 19.3. The summed E-state index contributed by atoms with van der Waals surface area (Å²) in [6, 6.07) is 0. The summed E-state index contributed by atoms with van der Waals surface area (Å²) in [7, 11) is 0. The van der Waals surface area contributed by atoms with Gasteiger partial charge >= 0.3 is 23.9 Å². The van der Waals surface area contributed by atoms with E-state index in [-0.39, 0.29) is 25.9 Å². The van der Waals surface area contributed by atoms with Crippen molar-refractivity contribution >= 4 is 23.9 Å². The fraction of sp³-hybridized carbons (Fsp3) is 0.745. The molecule has 0 saturated carbocycles. The number of unbranched alkanes of at least 4 members (excludes halogenated alkanes) is 19. The minimum atomic E-state index is -1.91. The molecule has 1 heterocycles. The fourth-order valence-electron chi connectivity index (χ4n) is 7.54. The molecule has 0 radical (unpaired) electrons. The van der Waals surface area contributed by atoms with Crippen LogP contribution in [0.4, 0.5) is 0 Å². The van der Waals surface area contributed by atoms with Crippen molar-refractivity contribution < 1.29 is 58.2 Å². The number of aliphatic hydroxyl groups is 2. The van der Waals surface area contributed by atoms with Crippen molar-refractivity contribution in [1.29, 1.82) is 0 Å².